The number of rotatable bonds is 3. The molecular weight excluding hydrogens is 254 g/mol. The van der Waals surface area contributed by atoms with Crippen molar-refractivity contribution in [2.24, 2.45) is 5.73 Å². The van der Waals surface area contributed by atoms with Crippen LogP contribution in [0.15, 0.2) is 48.5 Å². The summed E-state index contributed by atoms with van der Waals surface area (Å²) in [6.07, 6.45) is 7.58. The van der Waals surface area contributed by atoms with Crippen molar-refractivity contribution >= 4 is 0 Å². The summed E-state index contributed by atoms with van der Waals surface area (Å²) in [5.41, 5.74) is 12.7. The van der Waals surface area contributed by atoms with Crippen molar-refractivity contribution in [3.63, 3.8) is 0 Å². The molecule has 0 saturated heterocycles. The molecule has 2 aliphatic carbocycles. The molecule has 2 aromatic carbocycles. The number of benzene rings is 2. The Kier molecular flexibility index (Phi) is 3.11. The van der Waals surface area contributed by atoms with E-state index in [1.54, 1.807) is 5.56 Å². The van der Waals surface area contributed by atoms with Gasteiger partial charge in [-0.05, 0) is 60.8 Å². The summed E-state index contributed by atoms with van der Waals surface area (Å²) in [6, 6.07) is 18.0. The highest BCUT2D eigenvalue weighted by molar-refractivity contribution is 5.41. The Bertz CT molecular complexity index is 640. The van der Waals surface area contributed by atoms with Crippen LogP contribution in [0.25, 0.3) is 0 Å². The van der Waals surface area contributed by atoms with Crippen LogP contribution in [0.1, 0.15) is 54.0 Å². The van der Waals surface area contributed by atoms with Gasteiger partial charge in [-0.15, -0.1) is 0 Å². The third kappa shape index (κ3) is 2.20. The predicted octanol–water partition coefficient (Wildman–Crippen LogP) is 4.30. The lowest BCUT2D eigenvalue weighted by atomic mass is 9.82. The summed E-state index contributed by atoms with van der Waals surface area (Å²) in [4.78, 5) is 0. The summed E-state index contributed by atoms with van der Waals surface area (Å²) in [5, 5.41) is 0. The summed E-state index contributed by atoms with van der Waals surface area (Å²) in [6.45, 7) is 0. The van der Waals surface area contributed by atoms with Gasteiger partial charge in [0.15, 0.2) is 0 Å². The Labute approximate surface area is 127 Å². The topological polar surface area (TPSA) is 26.0 Å². The molecule has 108 valence electrons. The van der Waals surface area contributed by atoms with E-state index in [1.165, 1.54) is 55.2 Å². The Morgan fingerprint density at radius 1 is 0.857 bits per heavy atom. The molecule has 0 aliphatic heterocycles. The van der Waals surface area contributed by atoms with E-state index in [2.05, 4.69) is 48.5 Å². The van der Waals surface area contributed by atoms with E-state index >= 15 is 0 Å². The van der Waals surface area contributed by atoms with Gasteiger partial charge in [0.2, 0.25) is 0 Å². The molecule has 1 unspecified atom stereocenters. The van der Waals surface area contributed by atoms with Crippen molar-refractivity contribution in [1.29, 1.82) is 0 Å². The molecule has 0 spiro atoms. The van der Waals surface area contributed by atoms with Gasteiger partial charge in [0.25, 0.3) is 0 Å². The van der Waals surface area contributed by atoms with Gasteiger partial charge in [-0.1, -0.05) is 48.5 Å². The van der Waals surface area contributed by atoms with E-state index in [9.17, 15) is 0 Å². The molecule has 0 bridgehead atoms. The Balaban J connectivity index is 1.67. The number of nitrogens with two attached hydrogens (primary N) is 1. The second-order valence-corrected chi connectivity index (χ2v) is 6.74. The van der Waals surface area contributed by atoms with E-state index in [0.29, 0.717) is 0 Å². The average Bonchev–Trinajstić information content (AvgIpc) is 3.36. The van der Waals surface area contributed by atoms with Crippen LogP contribution in [0.3, 0.4) is 0 Å². The number of hydrogen-bond donors (Lipinski definition) is 1. The molecule has 4 rings (SSSR count). The standard InChI is InChI=1S/C20H23N/c21-19(20(12-13-20)18-8-2-1-3-9-18)17-11-10-15-6-4-5-7-16(15)14-17/h1-3,8-11,14,19H,4-7,12-13,21H2. The number of aryl methyl sites for hydroxylation is 2. The molecule has 0 heterocycles. The summed E-state index contributed by atoms with van der Waals surface area (Å²) in [5.74, 6) is 0. The van der Waals surface area contributed by atoms with Crippen LogP contribution in [0, 0.1) is 0 Å². The molecule has 0 radical (unpaired) electrons. The van der Waals surface area contributed by atoms with Gasteiger partial charge in [-0.3, -0.25) is 0 Å². The molecule has 2 aliphatic rings. The predicted molar refractivity (Wildman–Crippen MR) is 87.4 cm³/mol. The maximum Gasteiger partial charge on any atom is 0.0393 e. The molecule has 2 aromatic rings. The zero-order valence-corrected chi connectivity index (χ0v) is 12.5. The molecule has 1 atom stereocenters. The first-order chi connectivity index (χ1) is 10.3. The average molecular weight is 277 g/mol. The Morgan fingerprint density at radius 3 is 2.29 bits per heavy atom. The zero-order valence-electron chi connectivity index (χ0n) is 12.5. The van der Waals surface area contributed by atoms with Gasteiger partial charge in [-0.2, -0.15) is 0 Å². The second kappa shape index (κ2) is 4.99. The van der Waals surface area contributed by atoms with Crippen molar-refractivity contribution in [3.05, 3.63) is 70.8 Å². The van der Waals surface area contributed by atoms with Crippen LogP contribution in [0.5, 0.6) is 0 Å². The van der Waals surface area contributed by atoms with Gasteiger partial charge in [0.1, 0.15) is 0 Å². The van der Waals surface area contributed by atoms with Crippen LogP contribution < -0.4 is 5.73 Å². The summed E-state index contributed by atoms with van der Waals surface area (Å²) >= 11 is 0. The Morgan fingerprint density at radius 2 is 1.57 bits per heavy atom. The van der Waals surface area contributed by atoms with E-state index in [4.69, 9.17) is 5.73 Å². The van der Waals surface area contributed by atoms with Crippen molar-refractivity contribution < 1.29 is 0 Å². The van der Waals surface area contributed by atoms with Crippen molar-refractivity contribution in [1.82, 2.24) is 0 Å². The highest BCUT2D eigenvalue weighted by atomic mass is 14.7. The van der Waals surface area contributed by atoms with Crippen LogP contribution in [0.4, 0.5) is 0 Å². The van der Waals surface area contributed by atoms with Crippen LogP contribution in [-0.4, -0.2) is 0 Å². The third-order valence-corrected chi connectivity index (χ3v) is 5.46. The minimum atomic E-state index is 0.132. The van der Waals surface area contributed by atoms with E-state index in [1.807, 2.05) is 0 Å². The van der Waals surface area contributed by atoms with Gasteiger partial charge >= 0.3 is 0 Å². The first-order valence-corrected chi connectivity index (χ1v) is 8.22. The van der Waals surface area contributed by atoms with Crippen LogP contribution in [-0.2, 0) is 18.3 Å². The lowest BCUT2D eigenvalue weighted by molar-refractivity contribution is 0.540. The fourth-order valence-electron chi connectivity index (χ4n) is 3.95. The summed E-state index contributed by atoms with van der Waals surface area (Å²) < 4.78 is 0. The van der Waals surface area contributed by atoms with Gasteiger partial charge < -0.3 is 5.73 Å². The molecule has 1 heteroatoms. The van der Waals surface area contributed by atoms with Crippen molar-refractivity contribution in [2.75, 3.05) is 0 Å². The molecule has 0 aromatic heterocycles. The summed E-state index contributed by atoms with van der Waals surface area (Å²) in [7, 11) is 0. The van der Waals surface area contributed by atoms with Gasteiger partial charge in [0.05, 0.1) is 0 Å². The molecule has 1 nitrogen and oxygen atoms in total. The third-order valence-electron chi connectivity index (χ3n) is 5.46. The number of hydrogen-bond acceptors (Lipinski definition) is 1. The maximum atomic E-state index is 6.70. The largest absolute Gasteiger partial charge is 0.323 e. The zero-order chi connectivity index (χ0) is 14.3. The van der Waals surface area contributed by atoms with Crippen molar-refractivity contribution in [3.8, 4) is 0 Å². The number of fused-ring (bicyclic) bond motifs is 1. The first kappa shape index (κ1) is 13.1. The monoisotopic (exact) mass is 277 g/mol. The molecule has 2 N–H and O–H groups in total. The molecule has 1 fully saturated rings. The minimum absolute atomic E-state index is 0.132. The van der Waals surface area contributed by atoms with Gasteiger partial charge in [0, 0.05) is 11.5 Å². The first-order valence-electron chi connectivity index (χ1n) is 8.22. The fraction of sp³-hybridized carbons (Fsp3) is 0.400. The Hall–Kier alpha value is -1.60. The normalized spacial score (nSPS) is 20.6. The highest BCUT2D eigenvalue weighted by Gasteiger charge is 2.49. The quantitative estimate of drug-likeness (QED) is 0.889. The molecular formula is C20H23N. The minimum Gasteiger partial charge on any atom is -0.323 e. The van der Waals surface area contributed by atoms with E-state index < -0.39 is 0 Å². The van der Waals surface area contributed by atoms with E-state index in [0.717, 1.165) is 0 Å². The lowest BCUT2D eigenvalue weighted by Gasteiger charge is -2.26. The molecule has 1 saturated carbocycles. The highest BCUT2D eigenvalue weighted by Crippen LogP contribution is 2.55. The second-order valence-electron chi connectivity index (χ2n) is 6.74. The molecule has 21 heavy (non-hydrogen) atoms. The van der Waals surface area contributed by atoms with Crippen LogP contribution in [0.2, 0.25) is 0 Å². The maximum absolute atomic E-state index is 6.70. The van der Waals surface area contributed by atoms with Gasteiger partial charge in [-0.25, -0.2) is 0 Å². The fourth-order valence-corrected chi connectivity index (χ4v) is 3.95. The smallest absolute Gasteiger partial charge is 0.0393 e. The SMILES string of the molecule is NC(c1ccc2c(c1)CCCC2)C1(c2ccccc2)CC1. The van der Waals surface area contributed by atoms with Crippen molar-refractivity contribution in [2.45, 2.75) is 50.0 Å². The van der Waals surface area contributed by atoms with E-state index in [-0.39, 0.29) is 11.5 Å². The van der Waals surface area contributed by atoms with Crippen LogP contribution >= 0.6 is 0 Å². The lowest BCUT2D eigenvalue weighted by Crippen LogP contribution is -2.26. The molecule has 0 amide bonds.